The molecule has 1 atom stereocenters. The summed E-state index contributed by atoms with van der Waals surface area (Å²) < 4.78 is 5.59. The van der Waals surface area contributed by atoms with Crippen LogP contribution in [0.3, 0.4) is 0 Å². The Morgan fingerprint density at radius 3 is 2.92 bits per heavy atom. The number of nitrogens with one attached hydrogen (secondary N) is 2. The van der Waals surface area contributed by atoms with Crippen LogP contribution in [0.1, 0.15) is 29.0 Å². The fraction of sp³-hybridized carbons (Fsp3) is 0.353. The molecule has 0 amide bonds. The molecular formula is C17H20N4O3. The number of carbonyl (C=O) groups is 1. The number of hydrogen-bond donors (Lipinski definition) is 3. The van der Waals surface area contributed by atoms with Gasteiger partial charge < -0.3 is 20.5 Å². The molecule has 24 heavy (non-hydrogen) atoms. The van der Waals surface area contributed by atoms with Crippen LogP contribution in [0.5, 0.6) is 0 Å². The van der Waals surface area contributed by atoms with E-state index in [4.69, 9.17) is 9.84 Å². The number of aromatic carboxylic acids is 1. The number of anilines is 3. The quantitative estimate of drug-likeness (QED) is 0.750. The molecule has 7 nitrogen and oxygen atoms in total. The molecule has 0 spiro atoms. The van der Waals surface area contributed by atoms with Gasteiger partial charge in [0.25, 0.3) is 0 Å². The zero-order valence-electron chi connectivity index (χ0n) is 13.5. The highest BCUT2D eigenvalue weighted by Gasteiger charge is 2.15. The van der Waals surface area contributed by atoms with Crippen molar-refractivity contribution in [1.29, 1.82) is 0 Å². The fourth-order valence-electron chi connectivity index (χ4n) is 2.62. The number of hydrogen-bond acceptors (Lipinski definition) is 6. The molecule has 0 aliphatic carbocycles. The molecule has 2 heterocycles. The van der Waals surface area contributed by atoms with Gasteiger partial charge in [0.15, 0.2) is 0 Å². The van der Waals surface area contributed by atoms with Crippen molar-refractivity contribution in [2.45, 2.75) is 25.9 Å². The van der Waals surface area contributed by atoms with Crippen LogP contribution in [0.25, 0.3) is 0 Å². The molecule has 1 saturated heterocycles. The average Bonchev–Trinajstić information content (AvgIpc) is 3.06. The molecular weight excluding hydrogens is 308 g/mol. The van der Waals surface area contributed by atoms with Crippen LogP contribution >= 0.6 is 0 Å². The summed E-state index contributed by atoms with van der Waals surface area (Å²) in [4.78, 5) is 19.8. The molecule has 1 aromatic heterocycles. The Kier molecular flexibility index (Phi) is 4.90. The van der Waals surface area contributed by atoms with E-state index >= 15 is 0 Å². The third-order valence-corrected chi connectivity index (χ3v) is 3.75. The predicted molar refractivity (Wildman–Crippen MR) is 90.9 cm³/mol. The highest BCUT2D eigenvalue weighted by molar-refractivity contribution is 5.89. The van der Waals surface area contributed by atoms with Gasteiger partial charge in [-0.2, -0.15) is 0 Å². The van der Waals surface area contributed by atoms with Gasteiger partial charge in [0.05, 0.1) is 11.7 Å². The summed E-state index contributed by atoms with van der Waals surface area (Å²) in [5.74, 6) is 0.996. The lowest BCUT2D eigenvalue weighted by Crippen LogP contribution is -2.19. The average molecular weight is 328 g/mol. The van der Waals surface area contributed by atoms with Gasteiger partial charge >= 0.3 is 5.97 Å². The van der Waals surface area contributed by atoms with E-state index in [0.29, 0.717) is 23.9 Å². The molecule has 1 aromatic carbocycles. The van der Waals surface area contributed by atoms with Crippen molar-refractivity contribution in [2.24, 2.45) is 0 Å². The van der Waals surface area contributed by atoms with Crippen molar-refractivity contribution in [2.75, 3.05) is 23.8 Å². The molecule has 0 radical (unpaired) electrons. The van der Waals surface area contributed by atoms with Gasteiger partial charge in [-0.1, -0.05) is 6.07 Å². The summed E-state index contributed by atoms with van der Waals surface area (Å²) in [6.45, 7) is 3.35. The van der Waals surface area contributed by atoms with E-state index in [1.807, 2.05) is 6.92 Å². The Morgan fingerprint density at radius 1 is 1.33 bits per heavy atom. The van der Waals surface area contributed by atoms with Crippen LogP contribution in [0.4, 0.5) is 17.3 Å². The van der Waals surface area contributed by atoms with Crippen molar-refractivity contribution in [1.82, 2.24) is 9.97 Å². The second kappa shape index (κ2) is 7.27. The van der Waals surface area contributed by atoms with Crippen molar-refractivity contribution >= 4 is 23.3 Å². The first-order chi connectivity index (χ1) is 11.6. The normalized spacial score (nSPS) is 16.8. The Morgan fingerprint density at radius 2 is 2.17 bits per heavy atom. The molecule has 7 heteroatoms. The molecule has 1 aliphatic rings. The number of rotatable bonds is 6. The summed E-state index contributed by atoms with van der Waals surface area (Å²) in [6, 6.07) is 8.40. The number of ether oxygens (including phenoxy) is 1. The number of aromatic nitrogens is 2. The fourth-order valence-corrected chi connectivity index (χ4v) is 2.62. The van der Waals surface area contributed by atoms with Gasteiger partial charge in [-0.05, 0) is 38.0 Å². The highest BCUT2D eigenvalue weighted by Crippen LogP contribution is 2.19. The summed E-state index contributed by atoms with van der Waals surface area (Å²) >= 11 is 0. The molecule has 1 fully saturated rings. The first kappa shape index (κ1) is 16.2. The highest BCUT2D eigenvalue weighted by atomic mass is 16.5. The molecule has 0 bridgehead atoms. The molecule has 3 N–H and O–H groups in total. The van der Waals surface area contributed by atoms with E-state index in [-0.39, 0.29) is 11.7 Å². The minimum absolute atomic E-state index is 0.225. The zero-order chi connectivity index (χ0) is 16.9. The maximum atomic E-state index is 11.0. The van der Waals surface area contributed by atoms with Crippen LogP contribution in [0.2, 0.25) is 0 Å². The van der Waals surface area contributed by atoms with Gasteiger partial charge in [0, 0.05) is 24.9 Å². The molecule has 126 valence electrons. The molecule has 1 unspecified atom stereocenters. The summed E-state index contributed by atoms with van der Waals surface area (Å²) in [5.41, 5.74) is 0.889. The monoisotopic (exact) mass is 328 g/mol. The third kappa shape index (κ3) is 4.20. The second-order valence-corrected chi connectivity index (χ2v) is 5.71. The zero-order valence-corrected chi connectivity index (χ0v) is 13.5. The van der Waals surface area contributed by atoms with Crippen LogP contribution in [-0.4, -0.2) is 40.3 Å². The first-order valence-electron chi connectivity index (χ1n) is 7.92. The second-order valence-electron chi connectivity index (χ2n) is 5.71. The van der Waals surface area contributed by atoms with Crippen molar-refractivity contribution in [3.63, 3.8) is 0 Å². The maximum Gasteiger partial charge on any atom is 0.335 e. The van der Waals surface area contributed by atoms with Gasteiger partial charge in [0.1, 0.15) is 17.5 Å². The predicted octanol–water partition coefficient (Wildman–Crippen LogP) is 2.82. The maximum absolute atomic E-state index is 11.0. The van der Waals surface area contributed by atoms with Crippen LogP contribution in [-0.2, 0) is 4.74 Å². The Balaban J connectivity index is 1.71. The van der Waals surface area contributed by atoms with Crippen LogP contribution < -0.4 is 10.6 Å². The van der Waals surface area contributed by atoms with Crippen LogP contribution in [0.15, 0.2) is 30.3 Å². The standard InChI is InChI=1S/C17H20N4O3/c1-11-19-15(18-10-14-6-3-7-24-14)9-16(20-11)21-13-5-2-4-12(8-13)17(22)23/h2,4-5,8-9,14H,3,6-7,10H2,1H3,(H,22,23)(H2,18,19,20,21). The van der Waals surface area contributed by atoms with E-state index in [1.165, 1.54) is 0 Å². The number of carboxylic acid groups (broad SMARTS) is 1. The summed E-state index contributed by atoms with van der Waals surface area (Å²) in [7, 11) is 0. The lowest BCUT2D eigenvalue weighted by Gasteiger charge is -2.13. The van der Waals surface area contributed by atoms with Crippen molar-refractivity contribution in [3.05, 3.63) is 41.7 Å². The number of aryl methyl sites for hydroxylation is 1. The van der Waals surface area contributed by atoms with E-state index < -0.39 is 5.97 Å². The van der Waals surface area contributed by atoms with E-state index in [0.717, 1.165) is 25.3 Å². The summed E-state index contributed by atoms with van der Waals surface area (Å²) in [6.07, 6.45) is 2.38. The Bertz CT molecular complexity index is 730. The van der Waals surface area contributed by atoms with Crippen LogP contribution in [0, 0.1) is 6.92 Å². The topological polar surface area (TPSA) is 96.4 Å². The Labute approximate surface area is 140 Å². The molecule has 2 aromatic rings. The first-order valence-corrected chi connectivity index (χ1v) is 7.92. The SMILES string of the molecule is Cc1nc(NCC2CCCO2)cc(Nc2cccc(C(=O)O)c2)n1. The van der Waals surface area contributed by atoms with Gasteiger partial charge in [0.2, 0.25) is 0 Å². The lowest BCUT2D eigenvalue weighted by atomic mass is 10.2. The Hall–Kier alpha value is -2.67. The third-order valence-electron chi connectivity index (χ3n) is 3.75. The molecule has 1 aliphatic heterocycles. The van der Waals surface area contributed by atoms with E-state index in [2.05, 4.69) is 20.6 Å². The smallest absolute Gasteiger partial charge is 0.335 e. The van der Waals surface area contributed by atoms with E-state index in [9.17, 15) is 4.79 Å². The summed E-state index contributed by atoms with van der Waals surface area (Å²) in [5, 5.41) is 15.5. The minimum Gasteiger partial charge on any atom is -0.478 e. The minimum atomic E-state index is -0.962. The van der Waals surface area contributed by atoms with Gasteiger partial charge in [-0.15, -0.1) is 0 Å². The largest absolute Gasteiger partial charge is 0.478 e. The van der Waals surface area contributed by atoms with Crippen molar-refractivity contribution in [3.8, 4) is 0 Å². The van der Waals surface area contributed by atoms with Crippen molar-refractivity contribution < 1.29 is 14.6 Å². The van der Waals surface area contributed by atoms with Gasteiger partial charge in [-0.3, -0.25) is 0 Å². The van der Waals surface area contributed by atoms with Gasteiger partial charge in [-0.25, -0.2) is 14.8 Å². The molecule has 3 rings (SSSR count). The lowest BCUT2D eigenvalue weighted by molar-refractivity contribution is 0.0697. The molecule has 0 saturated carbocycles. The number of carboxylic acids is 1. The number of nitrogens with zero attached hydrogens (tertiary/aromatic N) is 2. The number of benzene rings is 1. The van der Waals surface area contributed by atoms with E-state index in [1.54, 1.807) is 30.3 Å².